The summed E-state index contributed by atoms with van der Waals surface area (Å²) in [5.41, 5.74) is -1.22. The van der Waals surface area contributed by atoms with Gasteiger partial charge in [0, 0.05) is 11.1 Å². The molecule has 0 unspecified atom stereocenters. The molecule has 2 aromatic rings. The maximum atomic E-state index is 12.4. The highest BCUT2D eigenvalue weighted by atomic mass is 35.5. The monoisotopic (exact) mass is 401 g/mol. The number of nitrogens with zero attached hydrogens (tertiary/aromatic N) is 1. The molecule has 0 saturated heterocycles. The molecular weight excluding hydrogens is 391 g/mol. The van der Waals surface area contributed by atoms with Crippen LogP contribution in [0.2, 0.25) is 5.02 Å². The van der Waals surface area contributed by atoms with Crippen molar-refractivity contribution in [3.63, 3.8) is 0 Å². The third-order valence-electron chi connectivity index (χ3n) is 3.27. The Bertz CT molecular complexity index is 903. The maximum absolute atomic E-state index is 12.4. The number of benzene rings is 2. The van der Waals surface area contributed by atoms with E-state index in [1.807, 2.05) is 0 Å². The third kappa shape index (κ3) is 5.42. The van der Waals surface area contributed by atoms with Crippen molar-refractivity contribution in [2.24, 2.45) is 0 Å². The molecule has 0 aliphatic rings. The standard InChI is InChI=1S/C16H11ClF3N3O4/c17-9-5-6-11(13(7-9)23(26)27)15(25)22-12-4-2-1-3-10(12)14(24)21-8-16(18,19)20/h1-7H,8H2,(H,21,24)(H,22,25). The fourth-order valence-corrected chi connectivity index (χ4v) is 2.27. The zero-order valence-electron chi connectivity index (χ0n) is 13.3. The van der Waals surface area contributed by atoms with Crippen LogP contribution in [0.25, 0.3) is 0 Å². The Morgan fingerprint density at radius 2 is 1.74 bits per heavy atom. The lowest BCUT2D eigenvalue weighted by molar-refractivity contribution is -0.385. The second kappa shape index (κ2) is 8.04. The van der Waals surface area contributed by atoms with Gasteiger partial charge in [0.1, 0.15) is 12.1 Å². The van der Waals surface area contributed by atoms with E-state index >= 15 is 0 Å². The Morgan fingerprint density at radius 1 is 1.07 bits per heavy atom. The number of nitro groups is 1. The molecule has 0 atom stereocenters. The highest BCUT2D eigenvalue weighted by Gasteiger charge is 2.28. The Hall–Kier alpha value is -3.14. The molecule has 7 nitrogen and oxygen atoms in total. The number of hydrogen-bond acceptors (Lipinski definition) is 4. The lowest BCUT2D eigenvalue weighted by atomic mass is 10.1. The predicted molar refractivity (Wildman–Crippen MR) is 90.9 cm³/mol. The zero-order chi connectivity index (χ0) is 20.2. The summed E-state index contributed by atoms with van der Waals surface area (Å²) in [6, 6.07) is 8.70. The number of carbonyl (C=O) groups is 2. The largest absolute Gasteiger partial charge is 0.405 e. The minimum Gasteiger partial charge on any atom is -0.343 e. The smallest absolute Gasteiger partial charge is 0.343 e. The lowest BCUT2D eigenvalue weighted by Gasteiger charge is -2.12. The van der Waals surface area contributed by atoms with Crippen LogP contribution >= 0.6 is 11.6 Å². The second-order valence-corrected chi connectivity index (χ2v) is 5.65. The number of para-hydroxylation sites is 1. The van der Waals surface area contributed by atoms with Gasteiger partial charge in [-0.3, -0.25) is 19.7 Å². The summed E-state index contributed by atoms with van der Waals surface area (Å²) in [5.74, 6) is -1.98. The number of anilines is 1. The van der Waals surface area contributed by atoms with E-state index in [-0.39, 0.29) is 21.8 Å². The first-order valence-corrected chi connectivity index (χ1v) is 7.65. The van der Waals surface area contributed by atoms with E-state index in [2.05, 4.69) is 5.32 Å². The first-order valence-electron chi connectivity index (χ1n) is 7.28. The van der Waals surface area contributed by atoms with E-state index in [9.17, 15) is 32.9 Å². The Labute approximate surface area is 155 Å². The first-order chi connectivity index (χ1) is 12.6. The van der Waals surface area contributed by atoms with E-state index in [1.54, 1.807) is 5.32 Å². The van der Waals surface area contributed by atoms with Crippen molar-refractivity contribution in [1.29, 1.82) is 0 Å². The number of rotatable bonds is 5. The number of nitro benzene ring substituents is 1. The van der Waals surface area contributed by atoms with Crippen LogP contribution in [0.5, 0.6) is 0 Å². The normalized spacial score (nSPS) is 11.0. The SMILES string of the molecule is O=C(NCC(F)(F)F)c1ccccc1NC(=O)c1ccc(Cl)cc1[N+](=O)[O-]. The molecule has 142 valence electrons. The molecule has 2 aromatic carbocycles. The molecule has 0 radical (unpaired) electrons. The molecule has 2 amide bonds. The van der Waals surface area contributed by atoms with E-state index in [0.717, 1.165) is 12.1 Å². The van der Waals surface area contributed by atoms with Gasteiger partial charge in [-0.2, -0.15) is 13.2 Å². The molecule has 0 aromatic heterocycles. The van der Waals surface area contributed by atoms with Gasteiger partial charge in [0.05, 0.1) is 16.2 Å². The van der Waals surface area contributed by atoms with Crippen LogP contribution in [-0.4, -0.2) is 29.5 Å². The fourth-order valence-electron chi connectivity index (χ4n) is 2.10. The van der Waals surface area contributed by atoms with Crippen molar-refractivity contribution < 1.29 is 27.7 Å². The Morgan fingerprint density at radius 3 is 2.37 bits per heavy atom. The van der Waals surface area contributed by atoms with Crippen molar-refractivity contribution >= 4 is 34.8 Å². The first kappa shape index (κ1) is 20.2. The van der Waals surface area contributed by atoms with Crippen molar-refractivity contribution in [2.75, 3.05) is 11.9 Å². The number of halogens is 4. The maximum Gasteiger partial charge on any atom is 0.405 e. The molecule has 0 fully saturated rings. The number of hydrogen-bond donors (Lipinski definition) is 2. The van der Waals surface area contributed by atoms with E-state index in [0.29, 0.717) is 0 Å². The third-order valence-corrected chi connectivity index (χ3v) is 3.51. The predicted octanol–water partition coefficient (Wildman–Crippen LogP) is 3.79. The van der Waals surface area contributed by atoms with E-state index < -0.39 is 35.1 Å². The van der Waals surface area contributed by atoms with Crippen molar-refractivity contribution in [3.8, 4) is 0 Å². The van der Waals surface area contributed by atoms with Crippen LogP contribution in [0.1, 0.15) is 20.7 Å². The number of amides is 2. The van der Waals surface area contributed by atoms with Gasteiger partial charge in [-0.1, -0.05) is 23.7 Å². The zero-order valence-corrected chi connectivity index (χ0v) is 14.1. The van der Waals surface area contributed by atoms with Crippen LogP contribution in [0, 0.1) is 10.1 Å². The van der Waals surface area contributed by atoms with Gasteiger partial charge in [-0.05, 0) is 24.3 Å². The second-order valence-electron chi connectivity index (χ2n) is 5.22. The van der Waals surface area contributed by atoms with E-state index in [1.165, 1.54) is 30.3 Å². The fraction of sp³-hybridized carbons (Fsp3) is 0.125. The molecule has 0 bridgehead atoms. The average molecular weight is 402 g/mol. The van der Waals surface area contributed by atoms with Crippen LogP contribution in [0.4, 0.5) is 24.5 Å². The van der Waals surface area contributed by atoms with Gasteiger partial charge >= 0.3 is 6.18 Å². The number of alkyl halides is 3. The van der Waals surface area contributed by atoms with Gasteiger partial charge in [0.15, 0.2) is 0 Å². The van der Waals surface area contributed by atoms with Gasteiger partial charge in [0.2, 0.25) is 0 Å². The molecule has 27 heavy (non-hydrogen) atoms. The minimum absolute atomic E-state index is 0.0465. The average Bonchev–Trinajstić information content (AvgIpc) is 2.59. The summed E-state index contributed by atoms with van der Waals surface area (Å²) in [6.07, 6.45) is -4.60. The summed E-state index contributed by atoms with van der Waals surface area (Å²) >= 11 is 5.68. The molecule has 0 aliphatic heterocycles. The molecule has 0 saturated carbocycles. The number of carbonyl (C=O) groups excluding carboxylic acids is 2. The van der Waals surface area contributed by atoms with Crippen LogP contribution in [0.15, 0.2) is 42.5 Å². The molecule has 2 rings (SSSR count). The molecule has 11 heteroatoms. The van der Waals surface area contributed by atoms with Gasteiger partial charge < -0.3 is 10.6 Å². The molecule has 2 N–H and O–H groups in total. The van der Waals surface area contributed by atoms with Crippen LogP contribution in [0.3, 0.4) is 0 Å². The Balaban J connectivity index is 2.27. The number of nitrogens with one attached hydrogen (secondary N) is 2. The van der Waals surface area contributed by atoms with Crippen molar-refractivity contribution in [1.82, 2.24) is 5.32 Å². The van der Waals surface area contributed by atoms with Crippen LogP contribution in [-0.2, 0) is 0 Å². The molecule has 0 spiro atoms. The van der Waals surface area contributed by atoms with Crippen LogP contribution < -0.4 is 10.6 Å². The highest BCUT2D eigenvalue weighted by molar-refractivity contribution is 6.31. The molecular formula is C16H11ClF3N3O4. The van der Waals surface area contributed by atoms with Crippen molar-refractivity contribution in [3.05, 3.63) is 68.7 Å². The molecule has 0 aliphatic carbocycles. The minimum atomic E-state index is -4.60. The van der Waals surface area contributed by atoms with Gasteiger partial charge in [-0.15, -0.1) is 0 Å². The topological polar surface area (TPSA) is 101 Å². The summed E-state index contributed by atoms with van der Waals surface area (Å²) < 4.78 is 36.8. The summed E-state index contributed by atoms with van der Waals surface area (Å²) in [6.45, 7) is -1.54. The highest BCUT2D eigenvalue weighted by Crippen LogP contribution is 2.25. The van der Waals surface area contributed by atoms with Gasteiger partial charge in [-0.25, -0.2) is 0 Å². The lowest BCUT2D eigenvalue weighted by Crippen LogP contribution is -2.34. The van der Waals surface area contributed by atoms with Crippen molar-refractivity contribution in [2.45, 2.75) is 6.18 Å². The molecule has 0 heterocycles. The summed E-state index contributed by atoms with van der Waals surface area (Å²) in [7, 11) is 0. The Kier molecular flexibility index (Phi) is 6.01. The van der Waals surface area contributed by atoms with Gasteiger partial charge in [0.25, 0.3) is 17.5 Å². The quantitative estimate of drug-likeness (QED) is 0.587. The van der Waals surface area contributed by atoms with E-state index in [4.69, 9.17) is 11.6 Å². The summed E-state index contributed by atoms with van der Waals surface area (Å²) in [4.78, 5) is 34.6. The summed E-state index contributed by atoms with van der Waals surface area (Å²) in [5, 5.41) is 15.1.